The Morgan fingerprint density at radius 3 is 2.80 bits per heavy atom. The fourth-order valence-electron chi connectivity index (χ4n) is 2.16. The normalized spacial score (nSPS) is 22.2. The Morgan fingerprint density at radius 2 is 2.15 bits per heavy atom. The molecular weight excluding hydrogens is 260 g/mol. The van der Waals surface area contributed by atoms with Gasteiger partial charge in [0.25, 0.3) is 5.91 Å². The number of benzene rings is 1. The minimum absolute atomic E-state index is 0.114. The van der Waals surface area contributed by atoms with E-state index in [1.807, 2.05) is 30.3 Å². The summed E-state index contributed by atoms with van der Waals surface area (Å²) in [5, 5.41) is 11.7. The molecule has 2 N–H and O–H groups in total. The molecule has 1 aromatic rings. The molecule has 0 radical (unpaired) electrons. The number of likely N-dealkylation sites (N-methyl/N-ethyl adjacent to an activating group) is 1. The first-order valence-electron chi connectivity index (χ1n) is 6.45. The molecule has 0 aliphatic carbocycles. The first kappa shape index (κ1) is 14.5. The monoisotopic (exact) mass is 278 g/mol. The Hall–Kier alpha value is -1.92. The van der Waals surface area contributed by atoms with Crippen LogP contribution in [0.5, 0.6) is 0 Å². The van der Waals surface area contributed by atoms with Crippen LogP contribution in [0.4, 0.5) is 0 Å². The smallest absolute Gasteiger partial charge is 0.254 e. The lowest BCUT2D eigenvalue weighted by Crippen LogP contribution is -2.53. The predicted molar refractivity (Wildman–Crippen MR) is 71.8 cm³/mol. The first-order chi connectivity index (χ1) is 9.63. The van der Waals surface area contributed by atoms with E-state index in [0.717, 1.165) is 5.56 Å². The van der Waals surface area contributed by atoms with Gasteiger partial charge in [-0.1, -0.05) is 30.3 Å². The van der Waals surface area contributed by atoms with Crippen LogP contribution < -0.4 is 5.32 Å². The number of hydrogen-bond donors (Lipinski definition) is 2. The van der Waals surface area contributed by atoms with E-state index in [4.69, 9.17) is 9.84 Å². The van der Waals surface area contributed by atoms with Gasteiger partial charge < -0.3 is 20.1 Å². The summed E-state index contributed by atoms with van der Waals surface area (Å²) in [4.78, 5) is 25.2. The van der Waals surface area contributed by atoms with Gasteiger partial charge in [-0.15, -0.1) is 0 Å². The van der Waals surface area contributed by atoms with E-state index in [1.54, 1.807) is 7.05 Å². The number of hydrogen-bond acceptors (Lipinski definition) is 4. The average molecular weight is 278 g/mol. The molecule has 0 saturated carbocycles. The number of nitrogens with one attached hydrogen (secondary N) is 1. The molecule has 6 heteroatoms. The van der Waals surface area contributed by atoms with E-state index in [2.05, 4.69) is 5.32 Å². The zero-order valence-electron chi connectivity index (χ0n) is 11.3. The summed E-state index contributed by atoms with van der Waals surface area (Å²) in [5.74, 6) is -0.499. The summed E-state index contributed by atoms with van der Waals surface area (Å²) in [5.41, 5.74) is 0.816. The average Bonchev–Trinajstić information content (AvgIpc) is 2.47. The topological polar surface area (TPSA) is 78.9 Å². The number of carbonyl (C=O) groups is 2. The summed E-state index contributed by atoms with van der Waals surface area (Å²) in [7, 11) is 1.60. The maximum atomic E-state index is 12.3. The largest absolute Gasteiger partial charge is 0.395 e. The molecule has 0 bridgehead atoms. The maximum absolute atomic E-state index is 12.3. The van der Waals surface area contributed by atoms with E-state index in [-0.39, 0.29) is 31.6 Å². The van der Waals surface area contributed by atoms with Gasteiger partial charge in [0, 0.05) is 13.6 Å². The zero-order chi connectivity index (χ0) is 14.5. The fraction of sp³-hybridized carbons (Fsp3) is 0.429. The second-order valence-corrected chi connectivity index (χ2v) is 4.67. The molecule has 1 aliphatic rings. The minimum Gasteiger partial charge on any atom is -0.395 e. The second-order valence-electron chi connectivity index (χ2n) is 4.67. The van der Waals surface area contributed by atoms with Crippen molar-refractivity contribution in [2.75, 3.05) is 26.8 Å². The maximum Gasteiger partial charge on any atom is 0.254 e. The molecule has 1 heterocycles. The highest BCUT2D eigenvalue weighted by molar-refractivity contribution is 5.86. The zero-order valence-corrected chi connectivity index (χ0v) is 11.3. The number of rotatable bonds is 4. The molecule has 6 nitrogen and oxygen atoms in total. The summed E-state index contributed by atoms with van der Waals surface area (Å²) in [6.07, 6.45) is -0.772. The van der Waals surface area contributed by atoms with Gasteiger partial charge in [0.05, 0.1) is 12.6 Å². The molecule has 1 aliphatic heterocycles. The third-order valence-electron chi connectivity index (χ3n) is 3.23. The quantitative estimate of drug-likeness (QED) is 0.792. The van der Waals surface area contributed by atoms with Crippen molar-refractivity contribution >= 4 is 11.8 Å². The summed E-state index contributed by atoms with van der Waals surface area (Å²) >= 11 is 0. The summed E-state index contributed by atoms with van der Waals surface area (Å²) in [6, 6.07) is 8.72. The van der Waals surface area contributed by atoms with Crippen molar-refractivity contribution in [1.82, 2.24) is 10.2 Å². The first-order valence-corrected chi connectivity index (χ1v) is 6.45. The van der Waals surface area contributed by atoms with Gasteiger partial charge in [-0.3, -0.25) is 9.59 Å². The predicted octanol–water partition coefficient (Wildman–Crippen LogP) is -0.307. The van der Waals surface area contributed by atoms with Crippen LogP contribution in [0.1, 0.15) is 11.6 Å². The van der Waals surface area contributed by atoms with E-state index in [0.29, 0.717) is 0 Å². The van der Waals surface area contributed by atoms with Crippen LogP contribution in [0.25, 0.3) is 0 Å². The molecular formula is C14H18N2O4. The van der Waals surface area contributed by atoms with Crippen molar-refractivity contribution in [2.24, 2.45) is 0 Å². The van der Waals surface area contributed by atoms with E-state index in [9.17, 15) is 9.59 Å². The van der Waals surface area contributed by atoms with Crippen LogP contribution in [0.15, 0.2) is 30.3 Å². The highest BCUT2D eigenvalue weighted by atomic mass is 16.5. The van der Waals surface area contributed by atoms with Crippen LogP contribution >= 0.6 is 0 Å². The minimum atomic E-state index is -0.772. The highest BCUT2D eigenvalue weighted by Crippen LogP contribution is 2.23. The van der Waals surface area contributed by atoms with Crippen LogP contribution in [0.2, 0.25) is 0 Å². The van der Waals surface area contributed by atoms with Crippen molar-refractivity contribution in [2.45, 2.75) is 12.1 Å². The molecule has 2 atom stereocenters. The SMILES string of the molecule is CN(CCO)C(=O)[C@H]1OCC(=O)N[C@@H]1c1ccccc1. The molecule has 1 saturated heterocycles. The van der Waals surface area contributed by atoms with Gasteiger partial charge in [-0.2, -0.15) is 0 Å². The lowest BCUT2D eigenvalue weighted by molar-refractivity contribution is -0.154. The van der Waals surface area contributed by atoms with Gasteiger partial charge in [-0.25, -0.2) is 0 Å². The van der Waals surface area contributed by atoms with Crippen molar-refractivity contribution < 1.29 is 19.4 Å². The molecule has 2 rings (SSSR count). The number of aliphatic hydroxyl groups excluding tert-OH is 1. The van der Waals surface area contributed by atoms with E-state index >= 15 is 0 Å². The Kier molecular flexibility index (Phi) is 4.70. The summed E-state index contributed by atoms with van der Waals surface area (Å²) in [6.45, 7) is -0.0157. The van der Waals surface area contributed by atoms with Gasteiger partial charge in [-0.05, 0) is 5.56 Å². The van der Waals surface area contributed by atoms with Gasteiger partial charge in [0.1, 0.15) is 6.61 Å². The van der Waals surface area contributed by atoms with Crippen LogP contribution in [0, 0.1) is 0 Å². The molecule has 1 fully saturated rings. The van der Waals surface area contributed by atoms with Crippen molar-refractivity contribution in [3.8, 4) is 0 Å². The molecule has 20 heavy (non-hydrogen) atoms. The van der Waals surface area contributed by atoms with Crippen molar-refractivity contribution in [3.05, 3.63) is 35.9 Å². The number of nitrogens with zero attached hydrogens (tertiary/aromatic N) is 1. The standard InChI is InChI=1S/C14H18N2O4/c1-16(7-8-17)14(19)13-12(15-11(18)9-20-13)10-5-3-2-4-6-10/h2-6,12-13,17H,7-9H2,1H3,(H,15,18)/t12-,13+/m1/s1. The number of amides is 2. The molecule has 1 aromatic carbocycles. The Morgan fingerprint density at radius 1 is 1.45 bits per heavy atom. The highest BCUT2D eigenvalue weighted by Gasteiger charge is 2.37. The van der Waals surface area contributed by atoms with Crippen LogP contribution in [0.3, 0.4) is 0 Å². The lowest BCUT2D eigenvalue weighted by atomic mass is 9.99. The van der Waals surface area contributed by atoms with Crippen LogP contribution in [-0.4, -0.2) is 54.7 Å². The molecule has 108 valence electrons. The third-order valence-corrected chi connectivity index (χ3v) is 3.23. The number of morpholine rings is 1. The Balaban J connectivity index is 2.20. The fourth-order valence-corrected chi connectivity index (χ4v) is 2.16. The molecule has 0 aromatic heterocycles. The number of aliphatic hydroxyl groups is 1. The van der Waals surface area contributed by atoms with Crippen molar-refractivity contribution in [3.63, 3.8) is 0 Å². The van der Waals surface area contributed by atoms with Crippen LogP contribution in [-0.2, 0) is 14.3 Å². The third kappa shape index (κ3) is 3.15. The summed E-state index contributed by atoms with van der Waals surface area (Å²) < 4.78 is 5.40. The molecule has 2 amide bonds. The van der Waals surface area contributed by atoms with Crippen molar-refractivity contribution in [1.29, 1.82) is 0 Å². The van der Waals surface area contributed by atoms with Gasteiger partial charge in [0.15, 0.2) is 6.10 Å². The van der Waals surface area contributed by atoms with Gasteiger partial charge in [0.2, 0.25) is 5.91 Å². The molecule has 0 spiro atoms. The Bertz CT molecular complexity index is 477. The number of ether oxygens (including phenoxy) is 1. The molecule has 0 unspecified atom stereocenters. The van der Waals surface area contributed by atoms with Gasteiger partial charge >= 0.3 is 0 Å². The second kappa shape index (κ2) is 6.49. The Labute approximate surface area is 117 Å². The lowest BCUT2D eigenvalue weighted by Gasteiger charge is -2.33. The van der Waals surface area contributed by atoms with E-state index in [1.165, 1.54) is 4.90 Å². The number of carbonyl (C=O) groups excluding carboxylic acids is 2. The van der Waals surface area contributed by atoms with E-state index < -0.39 is 12.1 Å².